The van der Waals surface area contributed by atoms with Gasteiger partial charge >= 0.3 is 35.8 Å². The lowest BCUT2D eigenvalue weighted by Gasteiger charge is -2.29. The van der Waals surface area contributed by atoms with E-state index in [9.17, 15) is 81.6 Å². The number of H-pyrrole nitrogens is 6. The number of pyridine rings is 8. The Labute approximate surface area is 771 Å². The molecule has 10 heterocycles. The van der Waals surface area contributed by atoms with E-state index in [1.165, 1.54) is 24.3 Å². The molecule has 135 heavy (non-hydrogen) atoms. The third-order valence-electron chi connectivity index (χ3n) is 22.1. The largest absolute Gasteiger partial charge is 0.506 e. The molecule has 0 saturated carbocycles. The maximum atomic E-state index is 14.5. The summed E-state index contributed by atoms with van der Waals surface area (Å²) >= 11 is 0. The molecule has 2 aliphatic rings. The number of nitrogens with one attached hydrogen (secondary N) is 6. The summed E-state index contributed by atoms with van der Waals surface area (Å²) < 4.78 is 33.1. The Bertz CT molecular complexity index is 6490. The fraction of sp³-hybridized carbons (Fsp3) is 0.278. The molecule has 38 heteroatoms. The van der Waals surface area contributed by atoms with Crippen LogP contribution >= 0.6 is 0 Å². The predicted molar refractivity (Wildman–Crippen MR) is 511 cm³/mol. The Morgan fingerprint density at radius 3 is 1.05 bits per heavy atom. The van der Waals surface area contributed by atoms with E-state index < -0.39 is 115 Å². The van der Waals surface area contributed by atoms with E-state index in [2.05, 4.69) is 39.9 Å². The molecule has 710 valence electrons. The van der Waals surface area contributed by atoms with Gasteiger partial charge in [0.2, 0.25) is 0 Å². The summed E-state index contributed by atoms with van der Waals surface area (Å²) in [5, 5.41) is 84.6. The van der Waals surface area contributed by atoms with Gasteiger partial charge in [0.15, 0.2) is 16.7 Å². The zero-order valence-electron chi connectivity index (χ0n) is 76.6. The molecule has 0 spiro atoms. The maximum Gasteiger partial charge on any atom is 0.345 e. The van der Waals surface area contributed by atoms with Crippen molar-refractivity contribution in [3.05, 3.63) is 281 Å². The predicted octanol–water partition coefficient (Wildman–Crippen LogP) is 12.3. The lowest BCUT2D eigenvalue weighted by molar-refractivity contribution is 0.0680. The summed E-state index contributed by atoms with van der Waals surface area (Å²) in [6, 6.07) is 38.5. The van der Waals surface area contributed by atoms with Crippen molar-refractivity contribution in [1.82, 2.24) is 39.9 Å². The quantitative estimate of drug-likeness (QED) is 0.0283. The van der Waals surface area contributed by atoms with Gasteiger partial charge in [0.1, 0.15) is 57.6 Å². The summed E-state index contributed by atoms with van der Waals surface area (Å²) in [6.45, 7) is 14.2. The highest BCUT2D eigenvalue weighted by Gasteiger charge is 2.29. The maximum absolute atomic E-state index is 14.5. The smallest absolute Gasteiger partial charge is 0.345 e. The van der Waals surface area contributed by atoms with E-state index in [1.807, 2.05) is 172 Å². The molecule has 0 radical (unpaired) electrons. The molecular weight excluding hydrogens is 1750 g/mol. The number of carboxylic acids is 6. The van der Waals surface area contributed by atoms with Crippen LogP contribution in [0.5, 0.6) is 17.2 Å². The van der Waals surface area contributed by atoms with Crippen LogP contribution in [0.15, 0.2) is 175 Å². The average Bonchev–Trinajstić information content (AvgIpc) is 1.59. The summed E-state index contributed by atoms with van der Waals surface area (Å²) in [5.74, 6) is -8.39. The fourth-order valence-electron chi connectivity index (χ4n) is 14.8. The number of nitrogens with zero attached hydrogens (tertiary/aromatic N) is 8. The van der Waals surface area contributed by atoms with Gasteiger partial charge in [-0.25, -0.2) is 47.5 Å². The number of morpholine rings is 1. The van der Waals surface area contributed by atoms with Crippen LogP contribution in [0, 0.1) is 12.7 Å². The van der Waals surface area contributed by atoms with E-state index in [4.69, 9.17) is 35.4 Å². The van der Waals surface area contributed by atoms with Crippen molar-refractivity contribution in [3.63, 3.8) is 0 Å². The molecule has 0 aliphatic carbocycles. The molecule has 2 saturated heterocycles. The molecule has 12 aromatic rings. The Hall–Kier alpha value is -16.3. The number of hydrogen-bond acceptors (Lipinski definition) is 24. The van der Waals surface area contributed by atoms with Crippen LogP contribution in [0.1, 0.15) is 137 Å². The van der Waals surface area contributed by atoms with Crippen molar-refractivity contribution in [1.29, 1.82) is 0 Å². The van der Waals surface area contributed by atoms with E-state index in [1.54, 1.807) is 76.5 Å². The minimum atomic E-state index is -1.47. The second-order valence-corrected chi connectivity index (χ2v) is 31.7. The number of carbonyl (C=O) groups is 6. The van der Waals surface area contributed by atoms with Crippen LogP contribution in [0.3, 0.4) is 0 Å². The number of carboxylic acid groups (broad SMARTS) is 6. The van der Waals surface area contributed by atoms with E-state index in [0.29, 0.717) is 162 Å². The molecule has 0 unspecified atom stereocenters. The first kappa shape index (κ1) is 102. The molecule has 8 aromatic heterocycles. The first-order chi connectivity index (χ1) is 64.0. The standard InChI is InChI=1S/C18H19FN2O4.C17H17FN2O4.C16H18N2O4.C16H18N2O3.C15H17N3O4.C15H17N3O3/c1-2-13-15(20-17(23)14(16(13)22)18(24)25)10-3-5-12(6-4-10)21-8-7-11(19)9-21;1-10-8-12(17(22)23)16(21)19-15(10)11-2-3-14(13(18)9-11)20-4-6-24-7-5-20;1-4-11-13(9-5-7-10(8-6-9)18(2)3)17-15(20)12(14(11)19)16(21)22;1-4-10-9-13(16(20)21)15(19)17-14(10)11-5-7-12(8-6-11)18(2)3;1-4-9-12(8-5-6-10(16-7-8)18(2)3)17-14(20)11(13(9)19)15(21)22;1-4-9-7-11(15(20)21)14(19)17-13(9)10-5-6-12(16-8-10)18(2)3/h3-6,11H,2,7-9H2,1H3,(H,24,25)(H2,20,22,23);2-3,8-9H,4-7H2,1H3,(H,19,21)(H,22,23);5-8H,4H2,1-3H3,(H,21,22)(H2,17,19,20);5-9H,4H2,1-3H3,(H,17,19)(H,20,21);5-7H,4H2,1-3H3,(H,21,22)(H2,17,19,20);5-8H,4H2,1-3H3,(H,17,19)(H,20,21)/t11-;;;;;/m0...../s1. The minimum absolute atomic E-state index is 0.222. The van der Waals surface area contributed by atoms with Crippen LogP contribution in [0.4, 0.5) is 43.2 Å². The van der Waals surface area contributed by atoms with Gasteiger partial charge in [0.25, 0.3) is 33.4 Å². The number of anilines is 6. The number of halogens is 2. The van der Waals surface area contributed by atoms with Gasteiger partial charge in [-0.05, 0) is 170 Å². The zero-order valence-corrected chi connectivity index (χ0v) is 76.6. The first-order valence-corrected chi connectivity index (χ1v) is 42.5. The van der Waals surface area contributed by atoms with Crippen molar-refractivity contribution in [2.24, 2.45) is 0 Å². The SMILES string of the molecule is CCc1c(-c2ccc(N(C)C)cc2)[nH]c(=O)c(C(=O)O)c1O.CCc1c(-c2ccc(N(C)C)nc2)[nH]c(=O)c(C(=O)O)c1O.CCc1c(-c2ccc(N3CC[C@H](F)C3)cc2)[nH]c(=O)c(C(=O)O)c1O.CCc1cc(C(=O)O)c(=O)[nH]c1-c1ccc(N(C)C)cc1.CCc1cc(C(=O)O)c(=O)[nH]c1-c1ccc(N(C)C)nc1.Cc1cc(C(=O)O)c(=O)[nH]c1-c1ccc(N2CCOCC2)c(F)c1. The highest BCUT2D eigenvalue weighted by molar-refractivity contribution is 5.95. The molecule has 15 N–H and O–H groups in total. The van der Waals surface area contributed by atoms with Gasteiger partial charge in [-0.3, -0.25) is 28.8 Å². The van der Waals surface area contributed by atoms with E-state index in [-0.39, 0.29) is 16.7 Å². The van der Waals surface area contributed by atoms with Crippen molar-refractivity contribution in [2.75, 3.05) is 125 Å². The summed E-state index contributed by atoms with van der Waals surface area (Å²) in [4.78, 5) is 173. The minimum Gasteiger partial charge on any atom is -0.506 e. The molecule has 2 aliphatic heterocycles. The van der Waals surface area contributed by atoms with Gasteiger partial charge < -0.3 is 110 Å². The van der Waals surface area contributed by atoms with Crippen molar-refractivity contribution in [3.8, 4) is 84.8 Å². The Morgan fingerprint density at radius 2 is 0.726 bits per heavy atom. The summed E-state index contributed by atoms with van der Waals surface area (Å²) in [5.41, 5.74) is 6.65. The molecule has 36 nitrogen and oxygen atoms in total. The molecule has 1 atom stereocenters. The van der Waals surface area contributed by atoms with Crippen LogP contribution in [0.25, 0.3) is 67.5 Å². The molecule has 2 fully saturated rings. The van der Waals surface area contributed by atoms with Gasteiger partial charge in [-0.2, -0.15) is 0 Å². The number of rotatable bonds is 23. The van der Waals surface area contributed by atoms with Gasteiger partial charge in [-0.1, -0.05) is 77.1 Å². The van der Waals surface area contributed by atoms with Crippen molar-refractivity contribution in [2.45, 2.75) is 86.2 Å². The average molecular weight is 1860 g/mol. The molecule has 14 rings (SSSR count). The number of benzene rings is 4. The van der Waals surface area contributed by atoms with Crippen LogP contribution < -0.4 is 62.8 Å². The number of hydrogen-bond donors (Lipinski definition) is 15. The number of aromatic hydroxyl groups is 3. The second kappa shape index (κ2) is 45.5. The van der Waals surface area contributed by atoms with Crippen LogP contribution in [0.2, 0.25) is 0 Å². The van der Waals surface area contributed by atoms with Gasteiger partial charge in [-0.15, -0.1) is 0 Å². The van der Waals surface area contributed by atoms with E-state index in [0.717, 1.165) is 51.0 Å². The topological polar surface area (TPSA) is 536 Å². The van der Waals surface area contributed by atoms with Crippen LogP contribution in [-0.4, -0.2) is 224 Å². The lowest BCUT2D eigenvalue weighted by atomic mass is 10.0. The molecule has 0 amide bonds. The number of aromatic nitrogens is 8. The number of ether oxygens (including phenoxy) is 1. The normalized spacial score (nSPS) is 12.4. The lowest BCUT2D eigenvalue weighted by Crippen LogP contribution is -2.36. The Morgan fingerprint density at radius 1 is 0.393 bits per heavy atom. The first-order valence-electron chi connectivity index (χ1n) is 42.5. The number of aryl methyl sites for hydroxylation is 3. The Kier molecular flexibility index (Phi) is 34.5. The highest BCUT2D eigenvalue weighted by Crippen LogP contribution is 2.37. The van der Waals surface area contributed by atoms with Crippen molar-refractivity contribution < 1.29 is 88.2 Å². The third kappa shape index (κ3) is 24.5. The summed E-state index contributed by atoms with van der Waals surface area (Å²) in [7, 11) is 15.2. The Balaban J connectivity index is 0.000000182. The fourth-order valence-corrected chi connectivity index (χ4v) is 14.8. The zero-order chi connectivity index (χ0) is 99.4. The van der Waals surface area contributed by atoms with Crippen molar-refractivity contribution >= 4 is 70.2 Å². The number of alkyl halides is 1. The third-order valence-corrected chi connectivity index (χ3v) is 22.1. The van der Waals surface area contributed by atoms with Gasteiger partial charge in [0.05, 0.1) is 53.1 Å². The molecular formula is C97H106F2N14O22. The monoisotopic (exact) mass is 1860 g/mol. The number of aromatic amines is 6. The second-order valence-electron chi connectivity index (χ2n) is 31.7. The van der Waals surface area contributed by atoms with Gasteiger partial charge in [0, 0.05) is 145 Å². The molecule has 0 bridgehead atoms. The van der Waals surface area contributed by atoms with E-state index >= 15 is 0 Å². The highest BCUT2D eigenvalue weighted by atomic mass is 19.1. The molecule has 4 aromatic carbocycles. The number of aromatic carboxylic acids is 6. The summed E-state index contributed by atoms with van der Waals surface area (Å²) in [6.07, 6.45) is 5.31. The van der Waals surface area contributed by atoms with Crippen LogP contribution in [-0.2, 0) is 36.8 Å².